The maximum Gasteiger partial charge on any atom is 0.198 e. The van der Waals surface area contributed by atoms with Gasteiger partial charge in [0.2, 0.25) is 0 Å². The van der Waals surface area contributed by atoms with Crippen molar-refractivity contribution in [2.75, 3.05) is 37.6 Å². The van der Waals surface area contributed by atoms with E-state index in [1.165, 1.54) is 0 Å². The monoisotopic (exact) mass is 419 g/mol. The van der Waals surface area contributed by atoms with Crippen LogP contribution < -0.4 is 4.90 Å². The van der Waals surface area contributed by atoms with Crippen LogP contribution in [0.4, 0.5) is 5.82 Å². The van der Waals surface area contributed by atoms with E-state index >= 15 is 0 Å². The van der Waals surface area contributed by atoms with Gasteiger partial charge in [0.15, 0.2) is 11.8 Å². The molecule has 4 aliphatic carbocycles. The van der Waals surface area contributed by atoms with Crippen molar-refractivity contribution in [2.24, 2.45) is 11.8 Å². The number of hydrogen-bond acceptors (Lipinski definition) is 6. The molecule has 0 spiro atoms. The molecule has 5 aliphatic rings. The lowest BCUT2D eigenvalue weighted by Gasteiger charge is -2.47. The molecular formula is C24H29N5O2. The minimum Gasteiger partial charge on any atom is -0.494 e. The fourth-order valence-electron chi connectivity index (χ4n) is 5.92. The Morgan fingerprint density at radius 2 is 1.45 bits per heavy atom. The van der Waals surface area contributed by atoms with Crippen molar-refractivity contribution in [3.05, 3.63) is 54.0 Å². The molecule has 3 heterocycles. The minimum atomic E-state index is 0.216. The highest BCUT2D eigenvalue weighted by Crippen LogP contribution is 2.61. The summed E-state index contributed by atoms with van der Waals surface area (Å²) in [4.78, 5) is 13.3. The summed E-state index contributed by atoms with van der Waals surface area (Å²) in [7, 11) is 0. The van der Waals surface area contributed by atoms with Crippen LogP contribution in [0.1, 0.15) is 35.8 Å². The van der Waals surface area contributed by atoms with Crippen molar-refractivity contribution in [3.8, 4) is 11.8 Å². The summed E-state index contributed by atoms with van der Waals surface area (Å²) in [5, 5.41) is 21.8. The molecule has 1 saturated heterocycles. The molecule has 31 heavy (non-hydrogen) atoms. The van der Waals surface area contributed by atoms with E-state index in [1.807, 2.05) is 6.20 Å². The maximum absolute atomic E-state index is 10.9. The van der Waals surface area contributed by atoms with Gasteiger partial charge in [-0.1, -0.05) is 24.3 Å². The molecule has 2 aromatic rings. The van der Waals surface area contributed by atoms with Gasteiger partial charge in [-0.25, -0.2) is 4.98 Å². The van der Waals surface area contributed by atoms with Crippen molar-refractivity contribution < 1.29 is 10.2 Å². The number of anilines is 1. The van der Waals surface area contributed by atoms with Gasteiger partial charge in [-0.2, -0.15) is 0 Å². The van der Waals surface area contributed by atoms with Crippen molar-refractivity contribution in [3.63, 3.8) is 0 Å². The zero-order chi connectivity index (χ0) is 20.9. The van der Waals surface area contributed by atoms with Crippen LogP contribution in [0.5, 0.6) is 11.8 Å². The van der Waals surface area contributed by atoms with E-state index in [2.05, 4.69) is 44.1 Å². The summed E-state index contributed by atoms with van der Waals surface area (Å²) < 4.78 is 1.74. The van der Waals surface area contributed by atoms with Crippen LogP contribution in [0.25, 0.3) is 0 Å². The Morgan fingerprint density at radius 1 is 0.806 bits per heavy atom. The first-order chi connectivity index (χ1) is 15.2. The van der Waals surface area contributed by atoms with E-state index in [4.69, 9.17) is 0 Å². The Balaban J connectivity index is 1.03. The van der Waals surface area contributed by atoms with Crippen LogP contribution in [0, 0.1) is 11.8 Å². The SMILES string of the molecule is Oc1c2c(c(O)n1CCCCN1CCN(c3cnccn3)CC1)C1C=CC2C2C=CC12. The lowest BCUT2D eigenvalue weighted by Crippen LogP contribution is -2.46. The molecule has 4 unspecified atom stereocenters. The summed E-state index contributed by atoms with van der Waals surface area (Å²) >= 11 is 0. The van der Waals surface area contributed by atoms with E-state index in [1.54, 1.807) is 17.0 Å². The Kier molecular flexibility index (Phi) is 4.52. The molecular weight excluding hydrogens is 390 g/mol. The standard InChI is InChI=1S/C24H29N5O2/c30-23-21-18-5-6-19(17-4-3-16(17)18)22(21)24(31)29(23)10-2-1-9-27-11-13-28(14-12-27)20-15-25-7-8-26-20/h3-8,15-19,30-31H,1-2,9-14H2. The first-order valence-corrected chi connectivity index (χ1v) is 11.5. The molecule has 0 aromatic carbocycles. The summed E-state index contributed by atoms with van der Waals surface area (Å²) in [6, 6.07) is 0. The maximum atomic E-state index is 10.9. The Labute approximate surface area is 182 Å². The van der Waals surface area contributed by atoms with E-state index in [9.17, 15) is 10.2 Å². The Bertz CT molecular complexity index is 977. The van der Waals surface area contributed by atoms with Crippen LogP contribution in [0.2, 0.25) is 0 Å². The number of nitrogens with zero attached hydrogens (tertiary/aromatic N) is 5. The molecule has 4 atom stereocenters. The van der Waals surface area contributed by atoms with Crippen molar-refractivity contribution in [1.82, 2.24) is 19.4 Å². The average Bonchev–Trinajstić information content (AvgIpc) is 3.04. The number of hydrogen-bond donors (Lipinski definition) is 2. The topological polar surface area (TPSA) is 77.7 Å². The highest BCUT2D eigenvalue weighted by molar-refractivity contribution is 5.59. The van der Waals surface area contributed by atoms with Gasteiger partial charge in [-0.05, 0) is 31.2 Å². The first kappa shape index (κ1) is 18.9. The molecule has 0 radical (unpaired) electrons. The number of aromatic nitrogens is 3. The van der Waals surface area contributed by atoms with Gasteiger partial charge in [-0.3, -0.25) is 14.5 Å². The molecule has 7 nitrogen and oxygen atoms in total. The predicted octanol–water partition coefficient (Wildman–Crippen LogP) is 2.84. The molecule has 2 bridgehead atoms. The molecule has 0 amide bonds. The van der Waals surface area contributed by atoms with Gasteiger partial charge in [0.1, 0.15) is 5.82 Å². The number of piperazine rings is 1. The second-order valence-corrected chi connectivity index (χ2v) is 9.20. The van der Waals surface area contributed by atoms with Crippen LogP contribution in [0.15, 0.2) is 42.9 Å². The fraction of sp³-hybridized carbons (Fsp3) is 0.500. The molecule has 2 N–H and O–H groups in total. The first-order valence-electron chi connectivity index (χ1n) is 11.5. The third kappa shape index (κ3) is 2.97. The molecule has 162 valence electrons. The number of unbranched alkanes of at least 4 members (excludes halogenated alkanes) is 1. The smallest absolute Gasteiger partial charge is 0.198 e. The molecule has 2 aromatic heterocycles. The lowest BCUT2D eigenvalue weighted by atomic mass is 9.56. The van der Waals surface area contributed by atoms with Crippen molar-refractivity contribution in [1.29, 1.82) is 0 Å². The highest BCUT2D eigenvalue weighted by atomic mass is 16.3. The summed E-state index contributed by atoms with van der Waals surface area (Å²) in [6.45, 7) is 5.68. The molecule has 1 fully saturated rings. The average molecular weight is 420 g/mol. The van der Waals surface area contributed by atoms with Gasteiger partial charge < -0.3 is 15.1 Å². The Morgan fingerprint density at radius 3 is 2.03 bits per heavy atom. The van der Waals surface area contributed by atoms with E-state index in [0.29, 0.717) is 18.4 Å². The summed E-state index contributed by atoms with van der Waals surface area (Å²) in [5.74, 6) is 2.93. The third-order valence-electron chi connectivity index (χ3n) is 7.66. The van der Waals surface area contributed by atoms with Gasteiger partial charge >= 0.3 is 0 Å². The number of aromatic hydroxyl groups is 2. The Hall–Kier alpha value is -2.80. The summed E-state index contributed by atoms with van der Waals surface area (Å²) in [6.07, 6.45) is 16.2. The molecule has 1 aliphatic heterocycles. The van der Waals surface area contributed by atoms with Gasteiger partial charge in [0.25, 0.3) is 0 Å². The zero-order valence-electron chi connectivity index (χ0n) is 17.6. The van der Waals surface area contributed by atoms with Crippen molar-refractivity contribution >= 4 is 5.82 Å². The second kappa shape index (κ2) is 7.41. The predicted molar refractivity (Wildman–Crippen MR) is 118 cm³/mol. The van der Waals surface area contributed by atoms with Crippen LogP contribution in [0.3, 0.4) is 0 Å². The minimum absolute atomic E-state index is 0.216. The van der Waals surface area contributed by atoms with Crippen molar-refractivity contribution in [2.45, 2.75) is 31.2 Å². The molecule has 7 heteroatoms. The van der Waals surface area contributed by atoms with Gasteiger partial charge in [0.05, 0.1) is 6.20 Å². The van der Waals surface area contributed by atoms with E-state index in [0.717, 1.165) is 62.5 Å². The number of allylic oxidation sites excluding steroid dienone is 4. The van der Waals surface area contributed by atoms with Gasteiger partial charge in [-0.15, -0.1) is 0 Å². The molecule has 7 rings (SSSR count). The normalized spacial score (nSPS) is 28.5. The largest absolute Gasteiger partial charge is 0.494 e. The van der Waals surface area contributed by atoms with Crippen LogP contribution in [-0.4, -0.2) is 62.4 Å². The van der Waals surface area contributed by atoms with Crippen LogP contribution in [-0.2, 0) is 6.54 Å². The van der Waals surface area contributed by atoms with Gasteiger partial charge in [0, 0.05) is 68.1 Å². The van der Waals surface area contributed by atoms with Crippen LogP contribution >= 0.6 is 0 Å². The highest BCUT2D eigenvalue weighted by Gasteiger charge is 2.49. The third-order valence-corrected chi connectivity index (χ3v) is 7.66. The zero-order valence-corrected chi connectivity index (χ0v) is 17.6. The lowest BCUT2D eigenvalue weighted by molar-refractivity contribution is 0.249. The quantitative estimate of drug-likeness (QED) is 0.554. The second-order valence-electron chi connectivity index (χ2n) is 9.20. The number of rotatable bonds is 6. The fourth-order valence-corrected chi connectivity index (χ4v) is 5.92. The summed E-state index contributed by atoms with van der Waals surface area (Å²) in [5.41, 5.74) is 1.94. The van der Waals surface area contributed by atoms with E-state index in [-0.39, 0.29) is 23.6 Å². The molecule has 0 saturated carbocycles. The van der Waals surface area contributed by atoms with E-state index < -0.39 is 0 Å².